The number of nitrogens with one attached hydrogen (secondary N) is 1. The molecule has 0 aliphatic rings. The Hall–Kier alpha value is -0.540. The molecule has 84 valence electrons. The van der Waals surface area contributed by atoms with Crippen LogP contribution in [0.2, 0.25) is 0 Å². The van der Waals surface area contributed by atoms with Gasteiger partial charge in [0.25, 0.3) is 0 Å². The number of hydrogen-bond donors (Lipinski definition) is 1. The van der Waals surface area contributed by atoms with Gasteiger partial charge < -0.3 is 5.32 Å². The van der Waals surface area contributed by atoms with E-state index in [1.165, 1.54) is 17.7 Å². The lowest BCUT2D eigenvalue weighted by atomic mass is 10.2. The van der Waals surface area contributed by atoms with Crippen molar-refractivity contribution >= 4 is 11.8 Å². The highest BCUT2D eigenvalue weighted by molar-refractivity contribution is 7.98. The second-order valence-corrected chi connectivity index (χ2v) is 4.68. The third kappa shape index (κ3) is 4.67. The van der Waals surface area contributed by atoms with Gasteiger partial charge in [0.1, 0.15) is 0 Å². The number of hydrogen-bond acceptors (Lipinski definition) is 3. The summed E-state index contributed by atoms with van der Waals surface area (Å²) in [7, 11) is 0. The summed E-state index contributed by atoms with van der Waals surface area (Å²) in [6.07, 6.45) is 5.24. The molecule has 1 rings (SSSR count). The lowest BCUT2D eigenvalue weighted by Crippen LogP contribution is -2.30. The number of thioether (sulfide) groups is 1. The summed E-state index contributed by atoms with van der Waals surface area (Å²) < 4.78 is 0. The van der Waals surface area contributed by atoms with Crippen LogP contribution < -0.4 is 5.32 Å². The molecule has 1 heterocycles. The van der Waals surface area contributed by atoms with Crippen molar-refractivity contribution in [1.29, 1.82) is 0 Å². The molecule has 0 radical (unpaired) electrons. The van der Waals surface area contributed by atoms with Crippen LogP contribution in [0.3, 0.4) is 0 Å². The van der Waals surface area contributed by atoms with Crippen LogP contribution in [-0.2, 0) is 6.54 Å². The van der Waals surface area contributed by atoms with E-state index in [1.807, 2.05) is 18.0 Å². The predicted octanol–water partition coefficient (Wildman–Crippen LogP) is 2.62. The summed E-state index contributed by atoms with van der Waals surface area (Å²) in [4.78, 5) is 4.38. The molecule has 1 N–H and O–H groups in total. The Kier molecular flexibility index (Phi) is 5.73. The third-order valence-corrected chi connectivity index (χ3v) is 3.14. The first-order valence-corrected chi connectivity index (χ1v) is 6.79. The van der Waals surface area contributed by atoms with E-state index in [-0.39, 0.29) is 0 Å². The van der Waals surface area contributed by atoms with Crippen molar-refractivity contribution in [3.8, 4) is 0 Å². The minimum atomic E-state index is 0.600. The Balaban J connectivity index is 2.38. The molecule has 0 aromatic carbocycles. The zero-order chi connectivity index (χ0) is 11.1. The maximum atomic E-state index is 4.38. The molecule has 3 heteroatoms. The molecule has 0 fully saturated rings. The molecule has 0 aliphatic heterocycles. The first kappa shape index (κ1) is 12.5. The number of rotatable bonds is 6. The molecular weight excluding hydrogens is 204 g/mol. The maximum Gasteiger partial charge on any atom is 0.0541 e. The van der Waals surface area contributed by atoms with Gasteiger partial charge in [-0.1, -0.05) is 13.0 Å². The number of aromatic nitrogens is 1. The Labute approximate surface area is 96.9 Å². The zero-order valence-corrected chi connectivity index (χ0v) is 10.6. The molecule has 0 bridgehead atoms. The highest BCUT2D eigenvalue weighted by Gasteiger charge is 2.04. The van der Waals surface area contributed by atoms with Gasteiger partial charge in [-0.05, 0) is 31.2 Å². The largest absolute Gasteiger partial charge is 0.308 e. The van der Waals surface area contributed by atoms with Gasteiger partial charge >= 0.3 is 0 Å². The summed E-state index contributed by atoms with van der Waals surface area (Å²) in [5.74, 6) is 1.17. The summed E-state index contributed by atoms with van der Waals surface area (Å²) in [5, 5.41) is 3.52. The Bertz CT molecular complexity index is 271. The minimum Gasteiger partial charge on any atom is -0.308 e. The SMILES string of the molecule is CCC(CSC)NCc1ccc(C)cn1. The summed E-state index contributed by atoms with van der Waals surface area (Å²) >= 11 is 1.89. The second kappa shape index (κ2) is 6.85. The van der Waals surface area contributed by atoms with Crippen molar-refractivity contribution in [3.05, 3.63) is 29.6 Å². The lowest BCUT2D eigenvalue weighted by Gasteiger charge is -2.15. The fourth-order valence-electron chi connectivity index (χ4n) is 1.37. The number of aryl methyl sites for hydroxylation is 1. The van der Waals surface area contributed by atoms with Gasteiger partial charge in [-0.2, -0.15) is 11.8 Å². The zero-order valence-electron chi connectivity index (χ0n) is 9.79. The normalized spacial score (nSPS) is 12.7. The van der Waals surface area contributed by atoms with Crippen molar-refractivity contribution in [3.63, 3.8) is 0 Å². The fraction of sp³-hybridized carbons (Fsp3) is 0.583. The van der Waals surface area contributed by atoms with Crippen molar-refractivity contribution < 1.29 is 0 Å². The smallest absolute Gasteiger partial charge is 0.0541 e. The van der Waals surface area contributed by atoms with Crippen LogP contribution in [0.5, 0.6) is 0 Å². The average Bonchev–Trinajstić information content (AvgIpc) is 2.26. The maximum absolute atomic E-state index is 4.38. The molecule has 1 aromatic heterocycles. The van der Waals surface area contributed by atoms with E-state index in [0.29, 0.717) is 6.04 Å². The van der Waals surface area contributed by atoms with E-state index in [1.54, 1.807) is 0 Å². The van der Waals surface area contributed by atoms with E-state index in [4.69, 9.17) is 0 Å². The highest BCUT2D eigenvalue weighted by Crippen LogP contribution is 2.03. The molecule has 15 heavy (non-hydrogen) atoms. The van der Waals surface area contributed by atoms with Crippen molar-refractivity contribution in [2.45, 2.75) is 32.9 Å². The van der Waals surface area contributed by atoms with Gasteiger partial charge in [-0.25, -0.2) is 0 Å². The summed E-state index contributed by atoms with van der Waals surface area (Å²) in [6.45, 7) is 5.16. The highest BCUT2D eigenvalue weighted by atomic mass is 32.2. The minimum absolute atomic E-state index is 0.600. The average molecular weight is 224 g/mol. The predicted molar refractivity (Wildman–Crippen MR) is 68.3 cm³/mol. The first-order chi connectivity index (χ1) is 7.26. The first-order valence-electron chi connectivity index (χ1n) is 5.40. The lowest BCUT2D eigenvalue weighted by molar-refractivity contribution is 0.536. The monoisotopic (exact) mass is 224 g/mol. The molecule has 0 saturated carbocycles. The van der Waals surface area contributed by atoms with Gasteiger partial charge in [0.05, 0.1) is 5.69 Å². The van der Waals surface area contributed by atoms with E-state index in [0.717, 1.165) is 12.2 Å². The molecule has 2 nitrogen and oxygen atoms in total. The van der Waals surface area contributed by atoms with Crippen LogP contribution in [-0.4, -0.2) is 23.0 Å². The molecule has 0 spiro atoms. The molecule has 1 atom stereocenters. The molecule has 0 saturated heterocycles. The van der Waals surface area contributed by atoms with Crippen molar-refractivity contribution in [2.75, 3.05) is 12.0 Å². The molecule has 0 aliphatic carbocycles. The van der Waals surface area contributed by atoms with Gasteiger partial charge in [0, 0.05) is 24.5 Å². The molecule has 1 unspecified atom stereocenters. The van der Waals surface area contributed by atoms with Gasteiger partial charge in [0.15, 0.2) is 0 Å². The number of nitrogens with zero attached hydrogens (tertiary/aromatic N) is 1. The van der Waals surface area contributed by atoms with Gasteiger partial charge in [0.2, 0.25) is 0 Å². The van der Waals surface area contributed by atoms with E-state index >= 15 is 0 Å². The van der Waals surface area contributed by atoms with Crippen LogP contribution in [0.15, 0.2) is 18.3 Å². The van der Waals surface area contributed by atoms with Crippen LogP contribution in [0.25, 0.3) is 0 Å². The second-order valence-electron chi connectivity index (χ2n) is 3.77. The topological polar surface area (TPSA) is 24.9 Å². The Morgan fingerprint density at radius 3 is 2.80 bits per heavy atom. The quantitative estimate of drug-likeness (QED) is 0.804. The van der Waals surface area contributed by atoms with Gasteiger partial charge in [-0.15, -0.1) is 0 Å². The van der Waals surface area contributed by atoms with E-state index in [9.17, 15) is 0 Å². The Morgan fingerprint density at radius 1 is 1.47 bits per heavy atom. The molecular formula is C12H20N2S. The van der Waals surface area contributed by atoms with Gasteiger partial charge in [-0.3, -0.25) is 4.98 Å². The van der Waals surface area contributed by atoms with Crippen molar-refractivity contribution in [2.24, 2.45) is 0 Å². The molecule has 0 amide bonds. The third-order valence-electron chi connectivity index (χ3n) is 2.41. The van der Waals surface area contributed by atoms with E-state index in [2.05, 4.69) is 42.5 Å². The summed E-state index contributed by atoms with van der Waals surface area (Å²) in [6, 6.07) is 4.80. The standard InChI is InChI=1S/C12H20N2S/c1-4-11(9-15-3)14-8-12-6-5-10(2)7-13-12/h5-7,11,14H,4,8-9H2,1-3H3. The van der Waals surface area contributed by atoms with Crippen LogP contribution in [0.1, 0.15) is 24.6 Å². The van der Waals surface area contributed by atoms with Crippen LogP contribution in [0, 0.1) is 6.92 Å². The van der Waals surface area contributed by atoms with Crippen molar-refractivity contribution in [1.82, 2.24) is 10.3 Å². The molecule has 1 aromatic rings. The number of pyridine rings is 1. The summed E-state index contributed by atoms with van der Waals surface area (Å²) in [5.41, 5.74) is 2.34. The van der Waals surface area contributed by atoms with Crippen LogP contribution in [0.4, 0.5) is 0 Å². The van der Waals surface area contributed by atoms with Crippen LogP contribution >= 0.6 is 11.8 Å². The van der Waals surface area contributed by atoms with E-state index < -0.39 is 0 Å². The fourth-order valence-corrected chi connectivity index (χ4v) is 2.13. The Morgan fingerprint density at radius 2 is 2.27 bits per heavy atom.